The van der Waals surface area contributed by atoms with Crippen LogP contribution in [-0.4, -0.2) is 8.76 Å². The van der Waals surface area contributed by atoms with Gasteiger partial charge in [-0.1, -0.05) is 23.7 Å². The molecule has 0 heterocycles. The first kappa shape index (κ1) is 13.4. The van der Waals surface area contributed by atoms with Crippen molar-refractivity contribution >= 4 is 28.8 Å². The maximum Gasteiger partial charge on any atom is 1.00 e. The van der Waals surface area contributed by atoms with E-state index in [2.05, 4.69) is 0 Å². The van der Waals surface area contributed by atoms with Crippen LogP contribution >= 0.6 is 11.6 Å². The van der Waals surface area contributed by atoms with Crippen molar-refractivity contribution in [1.29, 1.82) is 0 Å². The first-order valence-electron chi connectivity index (χ1n) is 3.20. The summed E-state index contributed by atoms with van der Waals surface area (Å²) >= 11 is 3.53. The summed E-state index contributed by atoms with van der Waals surface area (Å²) in [6.45, 7) is 0. The van der Waals surface area contributed by atoms with Gasteiger partial charge in [-0.25, -0.2) is 0 Å². The van der Waals surface area contributed by atoms with Gasteiger partial charge in [0.1, 0.15) is 0 Å². The number of benzene rings is 1. The molecule has 64 valence electrons. The van der Waals surface area contributed by atoms with E-state index < -0.39 is 11.1 Å². The van der Waals surface area contributed by atoms with E-state index >= 15 is 0 Å². The van der Waals surface area contributed by atoms with Gasteiger partial charge < -0.3 is 4.55 Å². The van der Waals surface area contributed by atoms with Gasteiger partial charge in [-0.15, -0.1) is 0 Å². The molecule has 13 heavy (non-hydrogen) atoms. The van der Waals surface area contributed by atoms with Gasteiger partial charge in [0.25, 0.3) is 0 Å². The van der Waals surface area contributed by atoms with Crippen molar-refractivity contribution in [2.45, 2.75) is 0 Å². The molecule has 0 saturated carbocycles. The van der Waals surface area contributed by atoms with Crippen LogP contribution in [0.3, 0.4) is 0 Å². The third kappa shape index (κ3) is 5.62. The molecule has 0 aromatic heterocycles. The van der Waals surface area contributed by atoms with Gasteiger partial charge in [-0.2, -0.15) is 0 Å². The molecule has 1 unspecified atom stereocenters. The summed E-state index contributed by atoms with van der Waals surface area (Å²) in [5.41, 5.74) is 0.770. The Kier molecular flexibility index (Phi) is 6.95. The monoisotopic (exact) mass is 224 g/mol. The third-order valence-corrected chi connectivity index (χ3v) is 1.81. The minimum atomic E-state index is -2.15. The zero-order valence-electron chi connectivity index (χ0n) is 7.07. The van der Waals surface area contributed by atoms with Crippen LogP contribution in [0.5, 0.6) is 0 Å². The van der Waals surface area contributed by atoms with Crippen LogP contribution in [0.1, 0.15) is 5.56 Å². The molecule has 0 aliphatic carbocycles. The number of hydrogen-bond acceptors (Lipinski definition) is 2. The van der Waals surface area contributed by atoms with Crippen molar-refractivity contribution in [2.75, 3.05) is 0 Å². The van der Waals surface area contributed by atoms with Crippen molar-refractivity contribution in [3.63, 3.8) is 0 Å². The minimum Gasteiger partial charge on any atom is -0.769 e. The second kappa shape index (κ2) is 6.76. The van der Waals surface area contributed by atoms with E-state index in [4.69, 9.17) is 11.6 Å². The van der Waals surface area contributed by atoms with Gasteiger partial charge in [-0.3, -0.25) is 4.21 Å². The molecule has 0 fully saturated rings. The zero-order chi connectivity index (χ0) is 8.97. The Morgan fingerprint density at radius 3 is 2.69 bits per heavy atom. The first-order chi connectivity index (χ1) is 5.68. The normalized spacial score (nSPS) is 12.5. The molecule has 1 aromatic carbocycles. The smallest absolute Gasteiger partial charge is 0.769 e. The number of hydrogen-bond donors (Lipinski definition) is 0. The fourth-order valence-electron chi connectivity index (χ4n) is 0.744. The maximum atomic E-state index is 10.1. The van der Waals surface area contributed by atoms with Gasteiger partial charge in [0.2, 0.25) is 0 Å². The van der Waals surface area contributed by atoms with Gasteiger partial charge >= 0.3 is 29.6 Å². The summed E-state index contributed by atoms with van der Waals surface area (Å²) in [5.74, 6) is 0. The van der Waals surface area contributed by atoms with Crippen LogP contribution < -0.4 is 29.6 Å². The van der Waals surface area contributed by atoms with E-state index in [0.29, 0.717) is 5.02 Å². The molecule has 0 bridgehead atoms. The summed E-state index contributed by atoms with van der Waals surface area (Å²) in [5, 5.41) is 1.67. The van der Waals surface area contributed by atoms with Crippen molar-refractivity contribution in [1.82, 2.24) is 0 Å². The van der Waals surface area contributed by atoms with Crippen LogP contribution in [0.15, 0.2) is 29.7 Å². The van der Waals surface area contributed by atoms with E-state index in [1.54, 1.807) is 24.3 Å². The molecule has 0 aliphatic heterocycles. The van der Waals surface area contributed by atoms with Crippen LogP contribution in [-0.2, 0) is 11.1 Å². The van der Waals surface area contributed by atoms with Gasteiger partial charge in [-0.05, 0) is 40.3 Å². The molecule has 0 N–H and O–H groups in total. The van der Waals surface area contributed by atoms with E-state index in [1.807, 2.05) is 0 Å². The van der Waals surface area contributed by atoms with E-state index in [-0.39, 0.29) is 29.6 Å². The molecule has 0 amide bonds. The molecule has 5 heteroatoms. The van der Waals surface area contributed by atoms with Crippen LogP contribution in [0.25, 0.3) is 6.08 Å². The van der Waals surface area contributed by atoms with Crippen molar-refractivity contribution in [3.8, 4) is 0 Å². The second-order valence-corrected chi connectivity index (χ2v) is 3.35. The minimum absolute atomic E-state index is 0. The summed E-state index contributed by atoms with van der Waals surface area (Å²) in [6.07, 6.45) is 1.48. The SMILES string of the molecule is O=S([O-])/C=C/c1cccc(Cl)c1.[Na+]. The van der Waals surface area contributed by atoms with Crippen LogP contribution in [0.2, 0.25) is 5.02 Å². The Labute approximate surface area is 107 Å². The quantitative estimate of drug-likeness (QED) is 0.487. The Hall–Kier alpha value is 0.360. The molecule has 0 aliphatic rings. The second-order valence-electron chi connectivity index (χ2n) is 2.12. The number of halogens is 1. The Balaban J connectivity index is 0.00000144. The first-order valence-corrected chi connectivity index (χ1v) is 4.72. The largest absolute Gasteiger partial charge is 1.00 e. The third-order valence-electron chi connectivity index (χ3n) is 1.22. The Morgan fingerprint density at radius 1 is 1.46 bits per heavy atom. The van der Waals surface area contributed by atoms with Gasteiger partial charge in [0.05, 0.1) is 0 Å². The van der Waals surface area contributed by atoms with Gasteiger partial charge in [0.15, 0.2) is 0 Å². The van der Waals surface area contributed by atoms with Crippen LogP contribution in [0.4, 0.5) is 0 Å². The maximum absolute atomic E-state index is 10.1. The fraction of sp³-hybridized carbons (Fsp3) is 0. The van der Waals surface area contributed by atoms with Crippen molar-refractivity contribution in [3.05, 3.63) is 40.3 Å². The molecule has 1 rings (SSSR count). The summed E-state index contributed by atoms with van der Waals surface area (Å²) < 4.78 is 20.3. The molecule has 0 radical (unpaired) electrons. The van der Waals surface area contributed by atoms with Gasteiger partial charge in [0, 0.05) is 5.02 Å². The Morgan fingerprint density at radius 2 is 2.15 bits per heavy atom. The van der Waals surface area contributed by atoms with E-state index in [0.717, 1.165) is 11.0 Å². The predicted octanol–water partition coefficient (Wildman–Crippen LogP) is -0.806. The molecule has 0 saturated heterocycles. The van der Waals surface area contributed by atoms with Crippen molar-refractivity contribution in [2.24, 2.45) is 0 Å². The summed E-state index contributed by atoms with van der Waals surface area (Å²) in [7, 11) is 0. The zero-order valence-corrected chi connectivity index (χ0v) is 10.6. The standard InChI is InChI=1S/C8H7ClO2S.Na/c9-8-3-1-2-7(6-8)4-5-12(10)11;/h1-6H,(H,10,11);/q;+1/p-1/b5-4+;. The summed E-state index contributed by atoms with van der Waals surface area (Å²) in [6, 6.07) is 6.95. The van der Waals surface area contributed by atoms with Crippen LogP contribution in [0, 0.1) is 0 Å². The molecular weight excluding hydrogens is 219 g/mol. The molecular formula is C8H6ClNaO2S. The average Bonchev–Trinajstić information content (AvgIpc) is 2.01. The Bertz CT molecular complexity index is 328. The van der Waals surface area contributed by atoms with E-state index in [1.165, 1.54) is 6.08 Å². The average molecular weight is 225 g/mol. The fourth-order valence-corrected chi connectivity index (χ4v) is 1.21. The number of rotatable bonds is 2. The molecule has 1 atom stereocenters. The van der Waals surface area contributed by atoms with Crippen molar-refractivity contribution < 1.29 is 38.3 Å². The molecule has 1 aromatic rings. The summed E-state index contributed by atoms with van der Waals surface area (Å²) in [4.78, 5) is 0. The molecule has 2 nitrogen and oxygen atoms in total. The topological polar surface area (TPSA) is 40.1 Å². The predicted molar refractivity (Wildman–Crippen MR) is 49.4 cm³/mol. The molecule has 0 spiro atoms. The van der Waals surface area contributed by atoms with E-state index in [9.17, 15) is 8.76 Å².